The zero-order valence-corrected chi connectivity index (χ0v) is 12.2. The van der Waals surface area contributed by atoms with Gasteiger partial charge in [0.2, 0.25) is 0 Å². The van der Waals surface area contributed by atoms with Gasteiger partial charge in [0, 0.05) is 18.3 Å². The van der Waals surface area contributed by atoms with Gasteiger partial charge in [0.1, 0.15) is 5.75 Å². The quantitative estimate of drug-likeness (QED) is 0.728. The van der Waals surface area contributed by atoms with Crippen LogP contribution in [0, 0.1) is 0 Å². The molecule has 0 radical (unpaired) electrons. The predicted molar refractivity (Wildman–Crippen MR) is 85.6 cm³/mol. The topological polar surface area (TPSA) is 67.5 Å². The first-order chi connectivity index (χ1) is 10.2. The molecule has 0 amide bonds. The number of hydrogen-bond acceptors (Lipinski definition) is 4. The zero-order chi connectivity index (χ0) is 15.1. The molecule has 0 aliphatic carbocycles. The van der Waals surface area contributed by atoms with E-state index < -0.39 is 6.10 Å². The molecule has 0 bridgehead atoms. The van der Waals surface area contributed by atoms with Crippen LogP contribution in [0.3, 0.4) is 0 Å². The van der Waals surface area contributed by atoms with Crippen molar-refractivity contribution in [1.29, 1.82) is 0 Å². The van der Waals surface area contributed by atoms with Crippen LogP contribution in [0.1, 0.15) is 5.56 Å². The highest BCUT2D eigenvalue weighted by molar-refractivity contribution is 5.46. The van der Waals surface area contributed by atoms with Crippen LogP contribution in [0.15, 0.2) is 54.6 Å². The summed E-state index contributed by atoms with van der Waals surface area (Å²) in [5.74, 6) is 0.807. The predicted octanol–water partition coefficient (Wildman–Crippen LogP) is 2.04. The van der Waals surface area contributed by atoms with E-state index in [1.165, 1.54) is 0 Å². The van der Waals surface area contributed by atoms with Crippen molar-refractivity contribution in [1.82, 2.24) is 0 Å². The maximum atomic E-state index is 10.1. The molecule has 2 aromatic carbocycles. The fraction of sp³-hybridized carbons (Fsp3) is 0.294. The summed E-state index contributed by atoms with van der Waals surface area (Å²) in [6, 6.07) is 17.2. The molecule has 112 valence electrons. The van der Waals surface area contributed by atoms with Gasteiger partial charge in [-0.2, -0.15) is 0 Å². The third-order valence-corrected chi connectivity index (χ3v) is 3.41. The third kappa shape index (κ3) is 4.77. The van der Waals surface area contributed by atoms with Crippen LogP contribution in [0.25, 0.3) is 0 Å². The molecule has 0 heterocycles. The summed E-state index contributed by atoms with van der Waals surface area (Å²) in [6.45, 7) is 0.417. The smallest absolute Gasteiger partial charge is 0.119 e. The lowest BCUT2D eigenvalue weighted by Gasteiger charge is -2.20. The number of nitrogens with one attached hydrogen (secondary N) is 1. The monoisotopic (exact) mass is 286 g/mol. The van der Waals surface area contributed by atoms with Gasteiger partial charge in [0.05, 0.1) is 13.2 Å². The van der Waals surface area contributed by atoms with E-state index in [1.54, 1.807) is 7.11 Å². The largest absolute Gasteiger partial charge is 0.497 e. The molecule has 0 aromatic heterocycles. The number of anilines is 1. The standard InChI is InChI=1S/C17H22N2O2/c1-21-15-9-7-14(8-10-15)19-12-17(20)16(18)11-13-5-3-2-4-6-13/h2-10,16-17,19-20H,11-12,18H2,1H3/t16-,17+/m0/s1. The first-order valence-electron chi connectivity index (χ1n) is 7.04. The minimum Gasteiger partial charge on any atom is -0.497 e. The average molecular weight is 286 g/mol. The number of hydrogen-bond donors (Lipinski definition) is 3. The third-order valence-electron chi connectivity index (χ3n) is 3.41. The zero-order valence-electron chi connectivity index (χ0n) is 12.2. The Morgan fingerprint density at radius 3 is 2.38 bits per heavy atom. The second-order valence-electron chi connectivity index (χ2n) is 5.03. The molecule has 0 unspecified atom stereocenters. The summed E-state index contributed by atoms with van der Waals surface area (Å²) >= 11 is 0. The molecule has 0 spiro atoms. The lowest BCUT2D eigenvalue weighted by molar-refractivity contribution is 0.156. The average Bonchev–Trinajstić information content (AvgIpc) is 2.54. The van der Waals surface area contributed by atoms with Gasteiger partial charge in [-0.3, -0.25) is 0 Å². The van der Waals surface area contributed by atoms with Gasteiger partial charge in [-0.1, -0.05) is 30.3 Å². The fourth-order valence-corrected chi connectivity index (χ4v) is 2.10. The molecule has 0 aliphatic rings. The van der Waals surface area contributed by atoms with E-state index in [1.807, 2.05) is 54.6 Å². The number of aliphatic hydroxyl groups excluding tert-OH is 1. The van der Waals surface area contributed by atoms with Crippen molar-refractivity contribution >= 4 is 5.69 Å². The maximum absolute atomic E-state index is 10.1. The van der Waals surface area contributed by atoms with E-state index in [9.17, 15) is 5.11 Å². The molecular weight excluding hydrogens is 264 g/mol. The second-order valence-corrected chi connectivity index (χ2v) is 5.03. The van der Waals surface area contributed by atoms with Crippen molar-refractivity contribution in [3.63, 3.8) is 0 Å². The van der Waals surface area contributed by atoms with Crippen molar-refractivity contribution < 1.29 is 9.84 Å². The SMILES string of the molecule is COc1ccc(NC[C@@H](O)[C@@H](N)Cc2ccccc2)cc1. The first-order valence-corrected chi connectivity index (χ1v) is 7.04. The number of nitrogens with two attached hydrogens (primary N) is 1. The van der Waals surface area contributed by atoms with Crippen molar-refractivity contribution in [2.24, 2.45) is 5.73 Å². The Kier molecular flexibility index (Phi) is 5.60. The van der Waals surface area contributed by atoms with Crippen LogP contribution in [0.5, 0.6) is 5.75 Å². The van der Waals surface area contributed by atoms with Gasteiger partial charge in [-0.15, -0.1) is 0 Å². The minimum atomic E-state index is -0.604. The Morgan fingerprint density at radius 2 is 1.76 bits per heavy atom. The van der Waals surface area contributed by atoms with E-state index in [0.717, 1.165) is 17.0 Å². The lowest BCUT2D eigenvalue weighted by Crippen LogP contribution is -2.41. The minimum absolute atomic E-state index is 0.293. The fourth-order valence-electron chi connectivity index (χ4n) is 2.10. The highest BCUT2D eigenvalue weighted by atomic mass is 16.5. The van der Waals surface area contributed by atoms with E-state index in [-0.39, 0.29) is 6.04 Å². The van der Waals surface area contributed by atoms with Gasteiger partial charge in [-0.05, 0) is 36.2 Å². The van der Waals surface area contributed by atoms with E-state index >= 15 is 0 Å². The van der Waals surface area contributed by atoms with Crippen molar-refractivity contribution in [3.8, 4) is 5.75 Å². The van der Waals surface area contributed by atoms with Gasteiger partial charge >= 0.3 is 0 Å². The molecule has 21 heavy (non-hydrogen) atoms. The highest BCUT2D eigenvalue weighted by Gasteiger charge is 2.14. The van der Waals surface area contributed by atoms with Crippen LogP contribution in [0.2, 0.25) is 0 Å². The summed E-state index contributed by atoms with van der Waals surface area (Å²) in [4.78, 5) is 0. The molecule has 0 saturated carbocycles. The van der Waals surface area contributed by atoms with E-state index in [4.69, 9.17) is 10.5 Å². The Balaban J connectivity index is 1.81. The molecule has 4 nitrogen and oxygen atoms in total. The lowest BCUT2D eigenvalue weighted by atomic mass is 10.0. The molecule has 2 atom stereocenters. The molecular formula is C17H22N2O2. The molecule has 2 aromatic rings. The molecule has 0 saturated heterocycles. The van der Waals surface area contributed by atoms with Crippen molar-refractivity contribution in [2.75, 3.05) is 19.0 Å². The van der Waals surface area contributed by atoms with Gasteiger partial charge in [0.15, 0.2) is 0 Å². The number of benzene rings is 2. The molecule has 0 fully saturated rings. The van der Waals surface area contributed by atoms with Gasteiger partial charge < -0.3 is 20.9 Å². The van der Waals surface area contributed by atoms with Crippen LogP contribution >= 0.6 is 0 Å². The van der Waals surface area contributed by atoms with E-state index in [0.29, 0.717) is 13.0 Å². The van der Waals surface area contributed by atoms with E-state index in [2.05, 4.69) is 5.32 Å². The van der Waals surface area contributed by atoms with Crippen LogP contribution < -0.4 is 15.8 Å². The Morgan fingerprint density at radius 1 is 1.10 bits per heavy atom. The van der Waals surface area contributed by atoms with Crippen molar-refractivity contribution in [2.45, 2.75) is 18.6 Å². The summed E-state index contributed by atoms with van der Waals surface area (Å²) < 4.78 is 5.10. The molecule has 4 heteroatoms. The summed E-state index contributed by atoms with van der Waals surface area (Å²) in [5, 5.41) is 13.3. The molecule has 0 aliphatic heterocycles. The van der Waals surface area contributed by atoms with Crippen LogP contribution in [0.4, 0.5) is 5.69 Å². The maximum Gasteiger partial charge on any atom is 0.119 e. The normalized spacial score (nSPS) is 13.5. The van der Waals surface area contributed by atoms with Crippen LogP contribution in [-0.2, 0) is 6.42 Å². The Bertz CT molecular complexity index is 528. The number of aliphatic hydroxyl groups is 1. The Labute approximate surface area is 125 Å². The summed E-state index contributed by atoms with van der Waals surface area (Å²) in [5.41, 5.74) is 8.11. The summed E-state index contributed by atoms with van der Waals surface area (Å²) in [7, 11) is 1.63. The number of methoxy groups -OCH3 is 1. The summed E-state index contributed by atoms with van der Waals surface area (Å²) in [6.07, 6.45) is 0.0547. The first kappa shape index (κ1) is 15.4. The number of ether oxygens (including phenoxy) is 1. The van der Waals surface area contributed by atoms with Gasteiger partial charge in [-0.25, -0.2) is 0 Å². The Hall–Kier alpha value is -2.04. The molecule has 4 N–H and O–H groups in total. The van der Waals surface area contributed by atoms with Crippen molar-refractivity contribution in [3.05, 3.63) is 60.2 Å². The number of rotatable bonds is 7. The second kappa shape index (κ2) is 7.67. The van der Waals surface area contributed by atoms with Crippen LogP contribution in [-0.4, -0.2) is 30.9 Å². The van der Waals surface area contributed by atoms with Gasteiger partial charge in [0.25, 0.3) is 0 Å². The molecule has 2 rings (SSSR count). The highest BCUT2D eigenvalue weighted by Crippen LogP contribution is 2.15.